The molecule has 1 aliphatic carbocycles. The summed E-state index contributed by atoms with van der Waals surface area (Å²) in [6.07, 6.45) is 5.11. The van der Waals surface area contributed by atoms with E-state index in [1.54, 1.807) is 12.1 Å². The highest BCUT2D eigenvalue weighted by molar-refractivity contribution is 7.89. The third kappa shape index (κ3) is 4.28. The minimum Gasteiger partial charge on any atom is -0.326 e. The van der Waals surface area contributed by atoms with E-state index in [-0.39, 0.29) is 6.04 Å². The Morgan fingerprint density at radius 1 is 1.29 bits per heavy atom. The smallest absolute Gasteiger partial charge is 0.240 e. The molecule has 5 heteroatoms. The maximum absolute atomic E-state index is 12.5. The molecule has 4 nitrogen and oxygen atoms in total. The number of rotatable bonds is 8. The van der Waals surface area contributed by atoms with Crippen molar-refractivity contribution in [1.29, 1.82) is 0 Å². The van der Waals surface area contributed by atoms with Gasteiger partial charge in [0.1, 0.15) is 0 Å². The van der Waals surface area contributed by atoms with Gasteiger partial charge in [0.2, 0.25) is 10.0 Å². The fourth-order valence-electron chi connectivity index (χ4n) is 2.65. The fourth-order valence-corrected chi connectivity index (χ4v) is 4.03. The molecular formula is C16H26N2O2S. The second-order valence-corrected chi connectivity index (χ2v) is 7.61. The minimum absolute atomic E-state index is 0.0367. The summed E-state index contributed by atoms with van der Waals surface area (Å²) in [7, 11) is -3.45. The van der Waals surface area contributed by atoms with Gasteiger partial charge >= 0.3 is 0 Å². The van der Waals surface area contributed by atoms with Crippen LogP contribution in [0, 0.1) is 5.92 Å². The SMILES string of the molecule is CCc1ccc(S(=O)(=O)NC(CC)CC2CC2)cc1CN. The molecule has 1 aromatic carbocycles. The van der Waals surface area contributed by atoms with E-state index in [1.165, 1.54) is 12.8 Å². The Balaban J connectivity index is 2.17. The van der Waals surface area contributed by atoms with Crippen molar-refractivity contribution in [3.63, 3.8) is 0 Å². The predicted octanol–water partition coefficient (Wildman–Crippen LogP) is 2.56. The molecule has 0 heterocycles. The van der Waals surface area contributed by atoms with Crippen LogP contribution in [0.1, 0.15) is 50.7 Å². The lowest BCUT2D eigenvalue weighted by Crippen LogP contribution is -2.34. The van der Waals surface area contributed by atoms with Crippen LogP contribution >= 0.6 is 0 Å². The molecule has 118 valence electrons. The van der Waals surface area contributed by atoms with Crippen LogP contribution < -0.4 is 10.5 Å². The summed E-state index contributed by atoms with van der Waals surface area (Å²) in [5.74, 6) is 0.708. The van der Waals surface area contributed by atoms with Crippen LogP contribution in [-0.2, 0) is 23.0 Å². The number of nitrogens with one attached hydrogen (secondary N) is 1. The first-order valence-corrected chi connectivity index (χ1v) is 9.32. The van der Waals surface area contributed by atoms with Crippen LogP contribution in [0.15, 0.2) is 23.1 Å². The highest BCUT2D eigenvalue weighted by atomic mass is 32.2. The Hall–Kier alpha value is -0.910. The predicted molar refractivity (Wildman–Crippen MR) is 85.5 cm³/mol. The van der Waals surface area contributed by atoms with E-state index in [1.807, 2.05) is 19.9 Å². The second-order valence-electron chi connectivity index (χ2n) is 5.89. The minimum atomic E-state index is -3.45. The zero-order valence-corrected chi connectivity index (χ0v) is 13.7. The monoisotopic (exact) mass is 310 g/mol. The van der Waals surface area contributed by atoms with Gasteiger partial charge in [0, 0.05) is 12.6 Å². The summed E-state index contributed by atoms with van der Waals surface area (Å²) in [6, 6.07) is 5.31. The average Bonchev–Trinajstić information content (AvgIpc) is 3.29. The molecule has 2 rings (SSSR count). The van der Waals surface area contributed by atoms with Crippen LogP contribution in [0.3, 0.4) is 0 Å². The highest BCUT2D eigenvalue weighted by Crippen LogP contribution is 2.34. The third-order valence-corrected chi connectivity index (χ3v) is 5.74. The van der Waals surface area contributed by atoms with Crippen molar-refractivity contribution >= 4 is 10.0 Å². The molecule has 0 amide bonds. The number of nitrogens with two attached hydrogens (primary N) is 1. The maximum atomic E-state index is 12.5. The number of hydrogen-bond acceptors (Lipinski definition) is 3. The molecule has 21 heavy (non-hydrogen) atoms. The molecule has 1 aliphatic rings. The number of benzene rings is 1. The van der Waals surface area contributed by atoms with Crippen molar-refractivity contribution in [3.8, 4) is 0 Å². The van der Waals surface area contributed by atoms with Crippen molar-refractivity contribution in [3.05, 3.63) is 29.3 Å². The molecule has 1 aromatic rings. The van der Waals surface area contributed by atoms with E-state index in [0.29, 0.717) is 17.4 Å². The Morgan fingerprint density at radius 2 is 2.00 bits per heavy atom. The molecule has 0 aromatic heterocycles. The van der Waals surface area contributed by atoms with Gasteiger partial charge in [-0.15, -0.1) is 0 Å². The Morgan fingerprint density at radius 3 is 2.52 bits per heavy atom. The lowest BCUT2D eigenvalue weighted by atomic mass is 10.1. The van der Waals surface area contributed by atoms with E-state index < -0.39 is 10.0 Å². The van der Waals surface area contributed by atoms with Gasteiger partial charge in [-0.2, -0.15) is 0 Å². The zero-order chi connectivity index (χ0) is 15.5. The number of hydrogen-bond donors (Lipinski definition) is 2. The van der Waals surface area contributed by atoms with Crippen molar-refractivity contribution in [2.45, 2.75) is 63.4 Å². The van der Waals surface area contributed by atoms with Crippen LogP contribution in [-0.4, -0.2) is 14.5 Å². The Bertz CT molecular complexity index is 580. The van der Waals surface area contributed by atoms with Crippen LogP contribution in [0.2, 0.25) is 0 Å². The van der Waals surface area contributed by atoms with Crippen molar-refractivity contribution in [2.75, 3.05) is 0 Å². The second kappa shape index (κ2) is 6.90. The summed E-state index contributed by atoms with van der Waals surface area (Å²) >= 11 is 0. The standard InChI is InChI=1S/C16H26N2O2S/c1-3-13-7-8-16(10-14(13)11-17)21(19,20)18-15(4-2)9-12-5-6-12/h7-8,10,12,15,18H,3-6,9,11,17H2,1-2H3. The summed E-state index contributed by atoms with van der Waals surface area (Å²) < 4.78 is 27.9. The van der Waals surface area contributed by atoms with E-state index in [4.69, 9.17) is 5.73 Å². The summed E-state index contributed by atoms with van der Waals surface area (Å²) in [5.41, 5.74) is 7.75. The summed E-state index contributed by atoms with van der Waals surface area (Å²) in [6.45, 7) is 4.44. The summed E-state index contributed by atoms with van der Waals surface area (Å²) in [4.78, 5) is 0.328. The normalized spacial score (nSPS) is 16.9. The average molecular weight is 310 g/mol. The van der Waals surface area contributed by atoms with E-state index >= 15 is 0 Å². The molecule has 1 atom stereocenters. The first kappa shape index (κ1) is 16.5. The molecule has 0 saturated heterocycles. The molecule has 1 fully saturated rings. The lowest BCUT2D eigenvalue weighted by molar-refractivity contribution is 0.495. The van der Waals surface area contributed by atoms with Gasteiger partial charge in [0.05, 0.1) is 4.90 Å². The fraction of sp³-hybridized carbons (Fsp3) is 0.625. The van der Waals surface area contributed by atoms with Gasteiger partial charge < -0.3 is 5.73 Å². The van der Waals surface area contributed by atoms with Gasteiger partial charge in [-0.05, 0) is 48.4 Å². The van der Waals surface area contributed by atoms with E-state index in [9.17, 15) is 8.42 Å². The number of aryl methyl sites for hydroxylation is 1. The van der Waals surface area contributed by atoms with E-state index in [2.05, 4.69) is 4.72 Å². The maximum Gasteiger partial charge on any atom is 0.240 e. The highest BCUT2D eigenvalue weighted by Gasteiger charge is 2.27. The van der Waals surface area contributed by atoms with E-state index in [0.717, 1.165) is 30.4 Å². The van der Waals surface area contributed by atoms with Gasteiger partial charge in [0.15, 0.2) is 0 Å². The van der Waals surface area contributed by atoms with Gasteiger partial charge in [-0.25, -0.2) is 13.1 Å². The first-order chi connectivity index (χ1) is 10.00. The molecule has 0 bridgehead atoms. The van der Waals surface area contributed by atoms with Crippen molar-refractivity contribution in [2.24, 2.45) is 11.7 Å². The van der Waals surface area contributed by atoms with Gasteiger partial charge in [-0.1, -0.05) is 32.8 Å². The Kier molecular flexibility index (Phi) is 5.41. The van der Waals surface area contributed by atoms with Crippen LogP contribution in [0.25, 0.3) is 0 Å². The van der Waals surface area contributed by atoms with Crippen molar-refractivity contribution in [1.82, 2.24) is 4.72 Å². The first-order valence-electron chi connectivity index (χ1n) is 7.84. The molecule has 0 radical (unpaired) electrons. The summed E-state index contributed by atoms with van der Waals surface area (Å²) in [5, 5.41) is 0. The van der Waals surface area contributed by atoms with Gasteiger partial charge in [0.25, 0.3) is 0 Å². The molecule has 0 spiro atoms. The van der Waals surface area contributed by atoms with Gasteiger partial charge in [-0.3, -0.25) is 0 Å². The molecule has 1 saturated carbocycles. The molecular weight excluding hydrogens is 284 g/mol. The molecule has 1 unspecified atom stereocenters. The number of sulfonamides is 1. The molecule has 0 aliphatic heterocycles. The third-order valence-electron chi connectivity index (χ3n) is 4.22. The largest absolute Gasteiger partial charge is 0.326 e. The Labute approximate surface area is 128 Å². The zero-order valence-electron chi connectivity index (χ0n) is 12.9. The van der Waals surface area contributed by atoms with Crippen molar-refractivity contribution < 1.29 is 8.42 Å². The topological polar surface area (TPSA) is 72.2 Å². The molecule has 3 N–H and O–H groups in total. The quantitative estimate of drug-likeness (QED) is 0.775. The van der Waals surface area contributed by atoms with Crippen LogP contribution in [0.5, 0.6) is 0 Å². The van der Waals surface area contributed by atoms with Crippen LogP contribution in [0.4, 0.5) is 0 Å². The lowest BCUT2D eigenvalue weighted by Gasteiger charge is -2.17.